The van der Waals surface area contributed by atoms with Crippen molar-refractivity contribution in [3.05, 3.63) is 29.6 Å². The maximum Gasteiger partial charge on any atom is 0.257 e. The Morgan fingerprint density at radius 3 is 2.91 bits per heavy atom. The molecule has 1 saturated heterocycles. The molecule has 1 aliphatic rings. The number of benzene rings is 1. The lowest BCUT2D eigenvalue weighted by Gasteiger charge is -2.36. The fraction of sp³-hybridized carbons (Fsp3) is 0.471. The molecule has 6 nitrogen and oxygen atoms in total. The Morgan fingerprint density at radius 1 is 1.43 bits per heavy atom. The van der Waals surface area contributed by atoms with E-state index in [0.717, 1.165) is 30.9 Å². The molecule has 0 unspecified atom stereocenters. The van der Waals surface area contributed by atoms with Crippen molar-refractivity contribution in [2.75, 3.05) is 24.5 Å². The average molecular weight is 311 g/mol. The van der Waals surface area contributed by atoms with Crippen molar-refractivity contribution in [3.63, 3.8) is 0 Å². The molecule has 2 aromatic rings. The number of rotatable bonds is 3. The van der Waals surface area contributed by atoms with Crippen molar-refractivity contribution in [2.24, 2.45) is 0 Å². The maximum atomic E-state index is 9.54. The first-order valence-electron chi connectivity index (χ1n) is 7.95. The molecule has 3 rings (SSSR count). The maximum absolute atomic E-state index is 9.54. The first-order valence-corrected chi connectivity index (χ1v) is 7.95. The van der Waals surface area contributed by atoms with E-state index in [1.807, 2.05) is 32.0 Å². The number of aromatic nitrogens is 2. The van der Waals surface area contributed by atoms with Gasteiger partial charge in [0.05, 0.1) is 11.3 Å². The van der Waals surface area contributed by atoms with Gasteiger partial charge >= 0.3 is 0 Å². The molecule has 1 aliphatic heterocycles. The molecule has 23 heavy (non-hydrogen) atoms. The van der Waals surface area contributed by atoms with Crippen molar-refractivity contribution in [2.45, 2.75) is 32.7 Å². The summed E-state index contributed by atoms with van der Waals surface area (Å²) in [5.41, 5.74) is 2.39. The quantitative estimate of drug-likeness (QED) is 0.938. The number of piperazine rings is 1. The molecule has 1 fully saturated rings. The van der Waals surface area contributed by atoms with Gasteiger partial charge < -0.3 is 14.7 Å². The second-order valence-electron chi connectivity index (χ2n) is 6.20. The largest absolute Gasteiger partial charge is 0.365 e. The lowest BCUT2D eigenvalue weighted by Crippen LogP contribution is -2.50. The van der Waals surface area contributed by atoms with Crippen LogP contribution in [0.2, 0.25) is 0 Å². The van der Waals surface area contributed by atoms with Crippen LogP contribution in [-0.4, -0.2) is 35.8 Å². The SMILES string of the molecule is CC(C)c1noc(-c2ccc(N3CCNC[C@H]3C)c(C#N)c2)n1. The smallest absolute Gasteiger partial charge is 0.257 e. The molecular weight excluding hydrogens is 290 g/mol. The fourth-order valence-corrected chi connectivity index (χ4v) is 2.79. The summed E-state index contributed by atoms with van der Waals surface area (Å²) in [6, 6.07) is 8.42. The van der Waals surface area contributed by atoms with Crippen LogP contribution in [0, 0.1) is 11.3 Å². The monoisotopic (exact) mass is 311 g/mol. The predicted octanol–water partition coefficient (Wildman–Crippen LogP) is 2.53. The van der Waals surface area contributed by atoms with Crippen molar-refractivity contribution in [1.29, 1.82) is 5.26 Å². The van der Waals surface area contributed by atoms with Crippen LogP contribution < -0.4 is 10.2 Å². The zero-order chi connectivity index (χ0) is 16.4. The van der Waals surface area contributed by atoms with Gasteiger partial charge in [0.25, 0.3) is 5.89 Å². The third-order valence-corrected chi connectivity index (χ3v) is 4.13. The van der Waals surface area contributed by atoms with Gasteiger partial charge in [0, 0.05) is 37.2 Å². The summed E-state index contributed by atoms with van der Waals surface area (Å²) in [5, 5.41) is 16.9. The van der Waals surface area contributed by atoms with E-state index in [0.29, 0.717) is 23.3 Å². The Labute approximate surface area is 136 Å². The van der Waals surface area contributed by atoms with Crippen molar-refractivity contribution >= 4 is 5.69 Å². The highest BCUT2D eigenvalue weighted by Gasteiger charge is 2.22. The Kier molecular flexibility index (Phi) is 4.30. The van der Waals surface area contributed by atoms with Gasteiger partial charge in [-0.15, -0.1) is 0 Å². The van der Waals surface area contributed by atoms with E-state index < -0.39 is 0 Å². The number of nitrogens with zero attached hydrogens (tertiary/aromatic N) is 4. The van der Waals surface area contributed by atoms with Crippen molar-refractivity contribution in [3.8, 4) is 17.5 Å². The Balaban J connectivity index is 1.94. The van der Waals surface area contributed by atoms with Crippen LogP contribution in [0.15, 0.2) is 22.7 Å². The first kappa shape index (κ1) is 15.5. The second-order valence-corrected chi connectivity index (χ2v) is 6.20. The Hall–Kier alpha value is -2.39. The molecule has 0 spiro atoms. The van der Waals surface area contributed by atoms with Gasteiger partial charge in [-0.25, -0.2) is 0 Å². The van der Waals surface area contributed by atoms with Gasteiger partial charge in [-0.1, -0.05) is 19.0 Å². The number of hydrogen-bond donors (Lipinski definition) is 1. The molecule has 0 bridgehead atoms. The van der Waals surface area contributed by atoms with E-state index in [1.165, 1.54) is 0 Å². The van der Waals surface area contributed by atoms with Crippen LogP contribution in [0.1, 0.15) is 38.1 Å². The fourth-order valence-electron chi connectivity index (χ4n) is 2.79. The van der Waals surface area contributed by atoms with E-state index in [2.05, 4.69) is 33.4 Å². The predicted molar refractivity (Wildman–Crippen MR) is 88.2 cm³/mol. The zero-order valence-corrected chi connectivity index (χ0v) is 13.7. The van der Waals surface area contributed by atoms with Crippen LogP contribution in [0.4, 0.5) is 5.69 Å². The standard InChI is InChI=1S/C17H21N5O/c1-11(2)16-20-17(23-21-16)13-4-5-15(14(8-13)9-18)22-7-6-19-10-12(22)3/h4-5,8,11-12,19H,6-7,10H2,1-3H3/t12-/m1/s1. The van der Waals surface area contributed by atoms with Gasteiger partial charge in [-0.2, -0.15) is 10.2 Å². The first-order chi connectivity index (χ1) is 11.1. The molecule has 1 aromatic carbocycles. The number of nitrogens with one attached hydrogen (secondary N) is 1. The molecule has 1 atom stereocenters. The van der Waals surface area contributed by atoms with Crippen LogP contribution in [-0.2, 0) is 0 Å². The normalized spacial score (nSPS) is 18.2. The third kappa shape index (κ3) is 3.06. The van der Waals surface area contributed by atoms with Crippen LogP contribution in [0.25, 0.3) is 11.5 Å². The van der Waals surface area contributed by atoms with Crippen LogP contribution in [0.3, 0.4) is 0 Å². The van der Waals surface area contributed by atoms with Gasteiger partial charge in [-0.05, 0) is 25.1 Å². The minimum atomic E-state index is 0.212. The van der Waals surface area contributed by atoms with Crippen LogP contribution >= 0.6 is 0 Å². The topological polar surface area (TPSA) is 78.0 Å². The molecule has 0 aliphatic carbocycles. The number of nitriles is 1. The zero-order valence-electron chi connectivity index (χ0n) is 13.7. The summed E-state index contributed by atoms with van der Waals surface area (Å²) < 4.78 is 5.32. The average Bonchev–Trinajstić information content (AvgIpc) is 3.05. The molecule has 0 amide bonds. The highest BCUT2D eigenvalue weighted by Crippen LogP contribution is 2.28. The summed E-state index contributed by atoms with van der Waals surface area (Å²) in [4.78, 5) is 6.67. The summed E-state index contributed by atoms with van der Waals surface area (Å²) in [7, 11) is 0. The van der Waals surface area contributed by atoms with Gasteiger partial charge in [-0.3, -0.25) is 0 Å². The molecule has 1 aromatic heterocycles. The van der Waals surface area contributed by atoms with Crippen molar-refractivity contribution < 1.29 is 4.52 Å². The minimum Gasteiger partial charge on any atom is -0.365 e. The number of hydrogen-bond acceptors (Lipinski definition) is 6. The van der Waals surface area contributed by atoms with E-state index >= 15 is 0 Å². The highest BCUT2D eigenvalue weighted by atomic mass is 16.5. The summed E-state index contributed by atoms with van der Waals surface area (Å²) in [6.07, 6.45) is 0. The molecule has 0 radical (unpaired) electrons. The molecule has 2 heterocycles. The lowest BCUT2D eigenvalue weighted by molar-refractivity contribution is 0.419. The van der Waals surface area contributed by atoms with Gasteiger partial charge in [0.1, 0.15) is 6.07 Å². The van der Waals surface area contributed by atoms with E-state index in [1.54, 1.807) is 0 Å². The van der Waals surface area contributed by atoms with Gasteiger partial charge in [0.2, 0.25) is 0 Å². The molecule has 0 saturated carbocycles. The molecule has 120 valence electrons. The summed E-state index contributed by atoms with van der Waals surface area (Å²) in [6.45, 7) is 8.95. The summed E-state index contributed by atoms with van der Waals surface area (Å²) in [5.74, 6) is 1.35. The lowest BCUT2D eigenvalue weighted by atomic mass is 10.1. The van der Waals surface area contributed by atoms with Crippen molar-refractivity contribution in [1.82, 2.24) is 15.5 Å². The molecule has 6 heteroatoms. The van der Waals surface area contributed by atoms with E-state index in [-0.39, 0.29) is 5.92 Å². The Bertz CT molecular complexity index is 731. The number of anilines is 1. The van der Waals surface area contributed by atoms with E-state index in [4.69, 9.17) is 4.52 Å². The van der Waals surface area contributed by atoms with E-state index in [9.17, 15) is 5.26 Å². The second kappa shape index (κ2) is 6.39. The summed E-state index contributed by atoms with van der Waals surface area (Å²) >= 11 is 0. The Morgan fingerprint density at radius 2 is 2.26 bits per heavy atom. The molecule has 1 N–H and O–H groups in total. The van der Waals surface area contributed by atoms with Gasteiger partial charge in [0.15, 0.2) is 5.82 Å². The van der Waals surface area contributed by atoms with Crippen LogP contribution in [0.5, 0.6) is 0 Å². The minimum absolute atomic E-state index is 0.212. The highest BCUT2D eigenvalue weighted by molar-refractivity contribution is 5.68. The molecular formula is C17H21N5O. The third-order valence-electron chi connectivity index (χ3n) is 4.13.